The molecular weight excluding hydrogens is 248 g/mol. The third-order valence-electron chi connectivity index (χ3n) is 2.98. The third-order valence-corrected chi connectivity index (χ3v) is 2.98. The summed E-state index contributed by atoms with van der Waals surface area (Å²) in [7, 11) is 0. The first-order valence-corrected chi connectivity index (χ1v) is 6.10. The van der Waals surface area contributed by atoms with Crippen LogP contribution in [0.4, 0.5) is 10.5 Å². The number of hydrogen-bond acceptors (Lipinski definition) is 4. The van der Waals surface area contributed by atoms with Gasteiger partial charge in [-0.05, 0) is 24.1 Å². The number of fused-ring (bicyclic) bond motifs is 1. The molecule has 1 heterocycles. The van der Waals surface area contributed by atoms with Crippen molar-refractivity contribution in [3.8, 4) is 0 Å². The third kappa shape index (κ3) is 2.96. The molecule has 1 aliphatic heterocycles. The first-order chi connectivity index (χ1) is 9.11. The standard InChI is InChI=1S/C13H16N2O4/c1-2-19-12(16)6-14-11-5-3-4-9-7-15(13(17)18)8-10(9)11/h3-5,14H,2,6-8H2,1H3,(H,17,18). The molecule has 0 aliphatic carbocycles. The van der Waals surface area contributed by atoms with Crippen molar-refractivity contribution in [3.05, 3.63) is 29.3 Å². The Morgan fingerprint density at radius 2 is 2.21 bits per heavy atom. The van der Waals surface area contributed by atoms with E-state index < -0.39 is 6.09 Å². The van der Waals surface area contributed by atoms with Crippen molar-refractivity contribution in [2.45, 2.75) is 20.0 Å². The smallest absolute Gasteiger partial charge is 0.407 e. The number of rotatable bonds is 4. The Morgan fingerprint density at radius 3 is 2.89 bits per heavy atom. The summed E-state index contributed by atoms with van der Waals surface area (Å²) in [4.78, 5) is 23.6. The number of carbonyl (C=O) groups is 2. The second-order valence-corrected chi connectivity index (χ2v) is 4.24. The molecule has 102 valence electrons. The zero-order valence-electron chi connectivity index (χ0n) is 10.7. The minimum atomic E-state index is -0.937. The van der Waals surface area contributed by atoms with Crippen LogP contribution in [0.25, 0.3) is 0 Å². The number of ether oxygens (including phenoxy) is 1. The van der Waals surface area contributed by atoms with Gasteiger partial charge < -0.3 is 15.2 Å². The van der Waals surface area contributed by atoms with Crippen molar-refractivity contribution in [1.82, 2.24) is 4.90 Å². The number of nitrogens with zero attached hydrogens (tertiary/aromatic N) is 1. The Kier molecular flexibility index (Phi) is 3.89. The van der Waals surface area contributed by atoms with E-state index in [1.807, 2.05) is 18.2 Å². The summed E-state index contributed by atoms with van der Waals surface area (Å²) in [6.45, 7) is 2.91. The molecule has 0 fully saturated rings. The van der Waals surface area contributed by atoms with E-state index in [9.17, 15) is 9.59 Å². The number of benzene rings is 1. The molecule has 2 rings (SSSR count). The predicted octanol–water partition coefficient (Wildman–Crippen LogP) is 1.66. The Balaban J connectivity index is 2.06. The van der Waals surface area contributed by atoms with Crippen molar-refractivity contribution in [2.75, 3.05) is 18.5 Å². The zero-order chi connectivity index (χ0) is 13.8. The van der Waals surface area contributed by atoms with Crippen LogP contribution in [0.15, 0.2) is 18.2 Å². The van der Waals surface area contributed by atoms with Gasteiger partial charge in [-0.15, -0.1) is 0 Å². The van der Waals surface area contributed by atoms with E-state index >= 15 is 0 Å². The average molecular weight is 264 g/mol. The van der Waals surface area contributed by atoms with Gasteiger partial charge in [0.2, 0.25) is 0 Å². The summed E-state index contributed by atoms with van der Waals surface area (Å²) in [5.74, 6) is -0.326. The normalized spacial score (nSPS) is 13.0. The molecule has 0 unspecified atom stereocenters. The van der Waals surface area contributed by atoms with E-state index in [2.05, 4.69) is 5.32 Å². The lowest BCUT2D eigenvalue weighted by Gasteiger charge is -2.11. The number of esters is 1. The Bertz CT molecular complexity index is 501. The summed E-state index contributed by atoms with van der Waals surface area (Å²) < 4.78 is 4.84. The summed E-state index contributed by atoms with van der Waals surface area (Å²) in [6.07, 6.45) is -0.937. The highest BCUT2D eigenvalue weighted by atomic mass is 16.5. The van der Waals surface area contributed by atoms with Crippen molar-refractivity contribution < 1.29 is 19.4 Å². The minimum Gasteiger partial charge on any atom is -0.465 e. The molecule has 1 aromatic carbocycles. The van der Waals surface area contributed by atoms with Gasteiger partial charge in [-0.25, -0.2) is 4.79 Å². The molecule has 2 N–H and O–H groups in total. The molecule has 0 atom stereocenters. The van der Waals surface area contributed by atoms with Crippen molar-refractivity contribution in [2.24, 2.45) is 0 Å². The van der Waals surface area contributed by atoms with E-state index in [4.69, 9.17) is 9.84 Å². The fraction of sp³-hybridized carbons (Fsp3) is 0.385. The quantitative estimate of drug-likeness (QED) is 0.808. The summed E-state index contributed by atoms with van der Waals surface area (Å²) in [5.41, 5.74) is 2.68. The number of anilines is 1. The predicted molar refractivity (Wildman–Crippen MR) is 68.8 cm³/mol. The first-order valence-electron chi connectivity index (χ1n) is 6.10. The van der Waals surface area contributed by atoms with E-state index in [1.54, 1.807) is 6.92 Å². The van der Waals surface area contributed by atoms with Crippen LogP contribution in [-0.4, -0.2) is 35.2 Å². The molecule has 6 heteroatoms. The van der Waals surface area contributed by atoms with E-state index in [-0.39, 0.29) is 12.5 Å². The Morgan fingerprint density at radius 1 is 1.42 bits per heavy atom. The summed E-state index contributed by atoms with van der Waals surface area (Å²) >= 11 is 0. The number of nitrogens with one attached hydrogen (secondary N) is 1. The van der Waals surface area contributed by atoms with Crippen LogP contribution in [0.5, 0.6) is 0 Å². The number of amides is 1. The largest absolute Gasteiger partial charge is 0.465 e. The maximum atomic E-state index is 11.3. The van der Waals surface area contributed by atoms with E-state index in [0.29, 0.717) is 19.7 Å². The number of hydrogen-bond donors (Lipinski definition) is 2. The maximum Gasteiger partial charge on any atom is 0.407 e. The van der Waals surface area contributed by atoms with Crippen LogP contribution < -0.4 is 5.32 Å². The van der Waals surface area contributed by atoms with Gasteiger partial charge in [-0.2, -0.15) is 0 Å². The van der Waals surface area contributed by atoms with Crippen LogP contribution in [0.2, 0.25) is 0 Å². The van der Waals surface area contributed by atoms with Gasteiger partial charge in [0.1, 0.15) is 6.54 Å². The van der Waals surface area contributed by atoms with E-state index in [1.165, 1.54) is 4.90 Å². The Labute approximate surface area is 111 Å². The SMILES string of the molecule is CCOC(=O)CNc1cccc2c1CN(C(=O)O)C2. The topological polar surface area (TPSA) is 78.9 Å². The lowest BCUT2D eigenvalue weighted by Crippen LogP contribution is -2.23. The van der Waals surface area contributed by atoms with Crippen LogP contribution in [0.3, 0.4) is 0 Å². The molecule has 6 nitrogen and oxygen atoms in total. The van der Waals surface area contributed by atoms with Crippen LogP contribution in [0, 0.1) is 0 Å². The van der Waals surface area contributed by atoms with Crippen molar-refractivity contribution >= 4 is 17.7 Å². The summed E-state index contributed by atoms with van der Waals surface area (Å²) in [5, 5.41) is 12.0. The fourth-order valence-corrected chi connectivity index (χ4v) is 2.10. The molecule has 1 amide bonds. The second kappa shape index (κ2) is 5.60. The minimum absolute atomic E-state index is 0.0807. The second-order valence-electron chi connectivity index (χ2n) is 4.24. The van der Waals surface area contributed by atoms with E-state index in [0.717, 1.165) is 16.8 Å². The first kappa shape index (κ1) is 13.2. The fourth-order valence-electron chi connectivity index (χ4n) is 2.10. The average Bonchev–Trinajstić information content (AvgIpc) is 2.81. The highest BCUT2D eigenvalue weighted by Crippen LogP contribution is 2.29. The van der Waals surface area contributed by atoms with Crippen LogP contribution >= 0.6 is 0 Å². The molecule has 0 bridgehead atoms. The molecule has 0 spiro atoms. The summed E-state index contributed by atoms with van der Waals surface area (Å²) in [6, 6.07) is 5.58. The van der Waals surface area contributed by atoms with Crippen LogP contribution in [-0.2, 0) is 22.6 Å². The van der Waals surface area contributed by atoms with Gasteiger partial charge in [-0.3, -0.25) is 9.69 Å². The molecule has 1 aromatic rings. The van der Waals surface area contributed by atoms with Crippen LogP contribution in [0.1, 0.15) is 18.1 Å². The molecule has 0 saturated carbocycles. The number of carbonyl (C=O) groups excluding carboxylic acids is 1. The lowest BCUT2D eigenvalue weighted by molar-refractivity contribution is -0.140. The molecule has 0 aromatic heterocycles. The van der Waals surface area contributed by atoms with Crippen molar-refractivity contribution in [3.63, 3.8) is 0 Å². The van der Waals surface area contributed by atoms with Gasteiger partial charge in [0.15, 0.2) is 0 Å². The molecule has 0 radical (unpaired) electrons. The molecular formula is C13H16N2O4. The highest BCUT2D eigenvalue weighted by molar-refractivity contribution is 5.76. The van der Waals surface area contributed by atoms with Gasteiger partial charge in [0.05, 0.1) is 13.2 Å². The lowest BCUT2D eigenvalue weighted by atomic mass is 10.1. The highest BCUT2D eigenvalue weighted by Gasteiger charge is 2.24. The van der Waals surface area contributed by atoms with Gasteiger partial charge in [-0.1, -0.05) is 12.1 Å². The van der Waals surface area contributed by atoms with Crippen molar-refractivity contribution in [1.29, 1.82) is 0 Å². The molecule has 1 aliphatic rings. The van der Waals surface area contributed by atoms with Gasteiger partial charge >= 0.3 is 12.1 Å². The Hall–Kier alpha value is -2.24. The molecule has 0 saturated heterocycles. The van der Waals surface area contributed by atoms with Gasteiger partial charge in [0, 0.05) is 12.2 Å². The zero-order valence-corrected chi connectivity index (χ0v) is 10.7. The number of carboxylic acid groups (broad SMARTS) is 1. The molecule has 19 heavy (non-hydrogen) atoms. The monoisotopic (exact) mass is 264 g/mol. The van der Waals surface area contributed by atoms with Gasteiger partial charge in [0.25, 0.3) is 0 Å². The maximum absolute atomic E-state index is 11.3.